The monoisotopic (exact) mass is 510 g/mol. The van der Waals surface area contributed by atoms with Gasteiger partial charge in [0.15, 0.2) is 5.82 Å². The Morgan fingerprint density at radius 1 is 1.08 bits per heavy atom. The predicted octanol–water partition coefficient (Wildman–Crippen LogP) is 3.73. The topological polar surface area (TPSA) is 109 Å². The van der Waals surface area contributed by atoms with Crippen LogP contribution in [0.15, 0.2) is 48.7 Å². The van der Waals surface area contributed by atoms with Gasteiger partial charge in [-0.1, -0.05) is 23.7 Å². The number of methoxy groups -OCH3 is 1. The highest BCUT2D eigenvalue weighted by Crippen LogP contribution is 2.33. The third-order valence-electron chi connectivity index (χ3n) is 5.58. The van der Waals surface area contributed by atoms with Crippen molar-refractivity contribution >= 4 is 52.1 Å². The number of amides is 1. The number of anilines is 5. The average molecular weight is 511 g/mol. The molecule has 0 atom stereocenters. The fourth-order valence-electron chi connectivity index (χ4n) is 3.67. The molecule has 0 saturated carbocycles. The SMILES string of the molecule is COc1cc(N2CCOCC2)ccc1Nc1ncc(Cl)c(Nc2ccccc2C(=O)C(=O)N(C)C)n1. The molecule has 36 heavy (non-hydrogen) atoms. The number of ether oxygens (including phenoxy) is 2. The summed E-state index contributed by atoms with van der Waals surface area (Å²) in [6, 6.07) is 12.5. The van der Waals surface area contributed by atoms with E-state index in [0.29, 0.717) is 30.3 Å². The number of hydrogen-bond donors (Lipinski definition) is 2. The Labute approximate surface area is 214 Å². The number of likely N-dealkylation sites (N-methyl/N-ethyl adjacent to an activating group) is 1. The number of para-hydroxylation sites is 1. The Bertz CT molecular complexity index is 1260. The summed E-state index contributed by atoms with van der Waals surface area (Å²) < 4.78 is 11.0. The zero-order valence-electron chi connectivity index (χ0n) is 20.2. The normalized spacial score (nSPS) is 13.2. The molecule has 1 saturated heterocycles. The summed E-state index contributed by atoms with van der Waals surface area (Å²) in [5, 5.41) is 6.47. The second-order valence-corrected chi connectivity index (χ2v) is 8.61. The van der Waals surface area contributed by atoms with E-state index < -0.39 is 11.7 Å². The van der Waals surface area contributed by atoms with Crippen molar-refractivity contribution in [2.75, 3.05) is 63.0 Å². The molecule has 2 N–H and O–H groups in total. The summed E-state index contributed by atoms with van der Waals surface area (Å²) in [6.07, 6.45) is 1.45. The van der Waals surface area contributed by atoms with Gasteiger partial charge >= 0.3 is 0 Å². The van der Waals surface area contributed by atoms with Crippen molar-refractivity contribution in [3.63, 3.8) is 0 Å². The minimum Gasteiger partial charge on any atom is -0.494 e. The van der Waals surface area contributed by atoms with Crippen LogP contribution in [0.4, 0.5) is 28.8 Å². The van der Waals surface area contributed by atoms with Gasteiger partial charge < -0.3 is 29.9 Å². The number of carbonyl (C=O) groups is 2. The maximum Gasteiger partial charge on any atom is 0.294 e. The highest BCUT2D eigenvalue weighted by molar-refractivity contribution is 6.43. The van der Waals surface area contributed by atoms with E-state index >= 15 is 0 Å². The van der Waals surface area contributed by atoms with Crippen molar-refractivity contribution < 1.29 is 19.1 Å². The molecular formula is C25H27ClN6O4. The Balaban J connectivity index is 1.57. The first kappa shape index (κ1) is 25.2. The lowest BCUT2D eigenvalue weighted by atomic mass is 10.1. The lowest BCUT2D eigenvalue weighted by Crippen LogP contribution is -2.36. The average Bonchev–Trinajstić information content (AvgIpc) is 2.90. The van der Waals surface area contributed by atoms with Crippen molar-refractivity contribution in [1.82, 2.24) is 14.9 Å². The molecule has 0 bridgehead atoms. The first-order valence-corrected chi connectivity index (χ1v) is 11.7. The fourth-order valence-corrected chi connectivity index (χ4v) is 3.81. The van der Waals surface area contributed by atoms with Crippen LogP contribution in [0.2, 0.25) is 5.02 Å². The van der Waals surface area contributed by atoms with E-state index in [2.05, 4.69) is 25.5 Å². The number of benzene rings is 2. The molecule has 1 amide bonds. The summed E-state index contributed by atoms with van der Waals surface area (Å²) in [4.78, 5) is 37.1. The van der Waals surface area contributed by atoms with Gasteiger partial charge in [0.2, 0.25) is 5.95 Å². The summed E-state index contributed by atoms with van der Waals surface area (Å²) in [5.41, 5.74) is 2.32. The van der Waals surface area contributed by atoms with Crippen molar-refractivity contribution in [3.8, 4) is 5.75 Å². The van der Waals surface area contributed by atoms with Crippen LogP contribution in [0.3, 0.4) is 0 Å². The number of halogens is 1. The number of morpholine rings is 1. The lowest BCUT2D eigenvalue weighted by molar-refractivity contribution is -0.124. The molecule has 0 unspecified atom stereocenters. The Morgan fingerprint density at radius 2 is 1.83 bits per heavy atom. The summed E-state index contributed by atoms with van der Waals surface area (Å²) in [6.45, 7) is 3.01. The van der Waals surface area contributed by atoms with Gasteiger partial charge in [0.05, 0.1) is 43.5 Å². The fraction of sp³-hybridized carbons (Fsp3) is 0.280. The van der Waals surface area contributed by atoms with E-state index in [1.54, 1.807) is 31.4 Å². The van der Waals surface area contributed by atoms with Crippen LogP contribution < -0.4 is 20.3 Å². The van der Waals surface area contributed by atoms with Crippen LogP contribution in [0.5, 0.6) is 5.75 Å². The second kappa shape index (κ2) is 11.2. The van der Waals surface area contributed by atoms with Gasteiger partial charge in [-0.15, -0.1) is 0 Å². The molecule has 2 aromatic carbocycles. The minimum atomic E-state index is -0.642. The number of aromatic nitrogens is 2. The van der Waals surface area contributed by atoms with Crippen molar-refractivity contribution in [2.24, 2.45) is 0 Å². The number of carbonyl (C=O) groups excluding carboxylic acids is 2. The van der Waals surface area contributed by atoms with Crippen LogP contribution in [0, 0.1) is 0 Å². The number of Topliss-reactive ketones (excluding diaryl/α,β-unsaturated/α-hetero) is 1. The highest BCUT2D eigenvalue weighted by atomic mass is 35.5. The summed E-state index contributed by atoms with van der Waals surface area (Å²) >= 11 is 6.34. The number of ketones is 1. The maximum absolute atomic E-state index is 12.7. The van der Waals surface area contributed by atoms with Gasteiger partial charge in [-0.2, -0.15) is 4.98 Å². The Hall–Kier alpha value is -3.89. The summed E-state index contributed by atoms with van der Waals surface area (Å²) in [7, 11) is 4.65. The first-order valence-electron chi connectivity index (χ1n) is 11.3. The number of rotatable bonds is 8. The smallest absolute Gasteiger partial charge is 0.294 e. The molecule has 1 fully saturated rings. The van der Waals surface area contributed by atoms with Crippen LogP contribution >= 0.6 is 11.6 Å². The quantitative estimate of drug-likeness (QED) is 0.346. The molecule has 11 heteroatoms. The molecule has 0 spiro atoms. The van der Waals surface area contributed by atoms with E-state index in [0.717, 1.165) is 18.8 Å². The van der Waals surface area contributed by atoms with E-state index in [1.807, 2.05) is 18.2 Å². The third-order valence-corrected chi connectivity index (χ3v) is 5.85. The number of nitrogens with zero attached hydrogens (tertiary/aromatic N) is 4. The van der Waals surface area contributed by atoms with Crippen LogP contribution in [0.25, 0.3) is 0 Å². The van der Waals surface area contributed by atoms with E-state index in [4.69, 9.17) is 21.1 Å². The standard InChI is InChI=1S/C25H27ClN6O4/c1-31(2)24(34)22(33)17-6-4-5-7-19(17)28-23-18(26)15-27-25(30-23)29-20-9-8-16(14-21(20)35-3)32-10-12-36-13-11-32/h4-9,14-15H,10-13H2,1-3H3,(H2,27,28,29,30). The van der Waals surface area contributed by atoms with Crippen LogP contribution in [-0.4, -0.2) is 74.1 Å². The predicted molar refractivity (Wildman–Crippen MR) is 139 cm³/mol. The maximum atomic E-state index is 12.7. The van der Waals surface area contributed by atoms with Gasteiger partial charge in [-0.3, -0.25) is 9.59 Å². The third kappa shape index (κ3) is 5.67. The highest BCUT2D eigenvalue weighted by Gasteiger charge is 2.22. The minimum absolute atomic E-state index is 0.209. The van der Waals surface area contributed by atoms with Gasteiger partial charge in [0.1, 0.15) is 10.8 Å². The molecule has 1 aromatic heterocycles. The molecule has 0 radical (unpaired) electrons. The zero-order chi connectivity index (χ0) is 25.7. The molecule has 4 rings (SSSR count). The molecule has 188 valence electrons. The summed E-state index contributed by atoms with van der Waals surface area (Å²) in [5.74, 6) is -0.0990. The molecule has 3 aromatic rings. The molecule has 1 aliphatic heterocycles. The molecular weight excluding hydrogens is 484 g/mol. The van der Waals surface area contributed by atoms with Crippen molar-refractivity contribution in [2.45, 2.75) is 0 Å². The molecule has 1 aliphatic rings. The molecule has 10 nitrogen and oxygen atoms in total. The largest absolute Gasteiger partial charge is 0.494 e. The van der Waals surface area contributed by atoms with Gasteiger partial charge in [-0.25, -0.2) is 4.98 Å². The number of hydrogen-bond acceptors (Lipinski definition) is 9. The van der Waals surface area contributed by atoms with Crippen molar-refractivity contribution in [3.05, 3.63) is 59.2 Å². The zero-order valence-corrected chi connectivity index (χ0v) is 21.0. The lowest BCUT2D eigenvalue weighted by Gasteiger charge is -2.29. The molecule has 2 heterocycles. The van der Waals surface area contributed by atoms with E-state index in [1.165, 1.54) is 25.2 Å². The first-order chi connectivity index (χ1) is 17.4. The van der Waals surface area contributed by atoms with Gasteiger partial charge in [-0.05, 0) is 24.3 Å². The van der Waals surface area contributed by atoms with E-state index in [9.17, 15) is 9.59 Å². The van der Waals surface area contributed by atoms with Gasteiger partial charge in [0, 0.05) is 38.9 Å². The van der Waals surface area contributed by atoms with Gasteiger partial charge in [0.25, 0.3) is 11.7 Å². The van der Waals surface area contributed by atoms with Crippen molar-refractivity contribution in [1.29, 1.82) is 0 Å². The number of nitrogens with one attached hydrogen (secondary N) is 2. The Morgan fingerprint density at radius 3 is 2.56 bits per heavy atom. The van der Waals surface area contributed by atoms with E-state index in [-0.39, 0.29) is 22.4 Å². The second-order valence-electron chi connectivity index (χ2n) is 8.20. The van der Waals surface area contributed by atoms with Crippen LogP contribution in [0.1, 0.15) is 10.4 Å². The van der Waals surface area contributed by atoms with Crippen LogP contribution in [-0.2, 0) is 9.53 Å². The molecule has 0 aliphatic carbocycles. The Kier molecular flexibility index (Phi) is 7.87.